The van der Waals surface area contributed by atoms with Gasteiger partial charge < -0.3 is 20.5 Å². The second kappa shape index (κ2) is 7.28. The lowest BCUT2D eigenvalue weighted by atomic mass is 10.1. The van der Waals surface area contributed by atoms with Crippen LogP contribution in [0.2, 0.25) is 0 Å². The highest BCUT2D eigenvalue weighted by Crippen LogP contribution is 2.28. The Kier molecular flexibility index (Phi) is 6.01. The van der Waals surface area contributed by atoms with Gasteiger partial charge in [0.15, 0.2) is 5.82 Å². The van der Waals surface area contributed by atoms with Gasteiger partial charge in [0.2, 0.25) is 5.88 Å². The van der Waals surface area contributed by atoms with Crippen molar-refractivity contribution >= 4 is 11.5 Å². The summed E-state index contributed by atoms with van der Waals surface area (Å²) in [5.41, 5.74) is 6.40. The number of aryl methyl sites for hydroxylation is 1. The van der Waals surface area contributed by atoms with Crippen molar-refractivity contribution in [2.75, 3.05) is 31.4 Å². The van der Waals surface area contributed by atoms with Crippen LogP contribution in [0.5, 0.6) is 5.88 Å². The number of hydrogen-bond acceptors (Lipinski definition) is 6. The van der Waals surface area contributed by atoms with Crippen LogP contribution in [0.15, 0.2) is 0 Å². The lowest BCUT2D eigenvalue weighted by molar-refractivity contribution is 0.144. The van der Waals surface area contributed by atoms with Crippen LogP contribution in [-0.4, -0.2) is 35.8 Å². The van der Waals surface area contributed by atoms with Crippen molar-refractivity contribution in [1.29, 1.82) is 0 Å². The van der Waals surface area contributed by atoms with Crippen molar-refractivity contribution in [1.82, 2.24) is 9.97 Å². The third kappa shape index (κ3) is 5.21. The van der Waals surface area contributed by atoms with Gasteiger partial charge in [0.05, 0.1) is 6.61 Å². The summed E-state index contributed by atoms with van der Waals surface area (Å²) in [7, 11) is 1.63. The fourth-order valence-electron chi connectivity index (χ4n) is 1.61. The van der Waals surface area contributed by atoms with E-state index in [0.29, 0.717) is 30.6 Å². The zero-order valence-electron chi connectivity index (χ0n) is 13.1. The molecular formula is C14H26N4O2. The standard InChI is InChI=1S/C14H26N4O2/c1-6-7-10-16-12(18-14(2,3)4)11(15)13(17-10)20-9-8-19-5/h6-9,15H2,1-5H3,(H,16,17,18). The lowest BCUT2D eigenvalue weighted by Crippen LogP contribution is -2.28. The van der Waals surface area contributed by atoms with Crippen molar-refractivity contribution in [2.45, 2.75) is 46.1 Å². The quantitative estimate of drug-likeness (QED) is 0.746. The van der Waals surface area contributed by atoms with Gasteiger partial charge in [0, 0.05) is 19.1 Å². The molecule has 0 aromatic carbocycles. The van der Waals surface area contributed by atoms with Gasteiger partial charge in [-0.05, 0) is 27.2 Å². The number of aromatic nitrogens is 2. The van der Waals surface area contributed by atoms with E-state index in [4.69, 9.17) is 15.2 Å². The van der Waals surface area contributed by atoms with Gasteiger partial charge in [-0.3, -0.25) is 0 Å². The van der Waals surface area contributed by atoms with Gasteiger partial charge in [-0.1, -0.05) is 6.92 Å². The molecule has 1 aromatic rings. The zero-order chi connectivity index (χ0) is 15.2. The minimum Gasteiger partial charge on any atom is -0.474 e. The van der Waals surface area contributed by atoms with Crippen molar-refractivity contribution in [3.05, 3.63) is 5.82 Å². The number of nitrogens with zero attached hydrogens (tertiary/aromatic N) is 2. The molecule has 0 aliphatic heterocycles. The maximum atomic E-state index is 6.08. The largest absolute Gasteiger partial charge is 0.474 e. The maximum Gasteiger partial charge on any atom is 0.242 e. The normalized spacial score (nSPS) is 11.4. The van der Waals surface area contributed by atoms with Crippen molar-refractivity contribution < 1.29 is 9.47 Å². The molecule has 0 atom stereocenters. The van der Waals surface area contributed by atoms with E-state index in [1.165, 1.54) is 0 Å². The van der Waals surface area contributed by atoms with E-state index < -0.39 is 0 Å². The number of anilines is 2. The summed E-state index contributed by atoms with van der Waals surface area (Å²) in [6, 6.07) is 0. The minimum absolute atomic E-state index is 0.129. The number of methoxy groups -OCH3 is 1. The number of ether oxygens (including phenoxy) is 2. The van der Waals surface area contributed by atoms with Crippen LogP contribution in [-0.2, 0) is 11.2 Å². The highest BCUT2D eigenvalue weighted by Gasteiger charge is 2.17. The summed E-state index contributed by atoms with van der Waals surface area (Å²) < 4.78 is 10.5. The Balaban J connectivity index is 3.02. The number of rotatable bonds is 7. The molecule has 1 rings (SSSR count). The van der Waals surface area contributed by atoms with E-state index in [-0.39, 0.29) is 5.54 Å². The molecule has 0 bridgehead atoms. The van der Waals surface area contributed by atoms with E-state index >= 15 is 0 Å². The first-order chi connectivity index (χ1) is 9.37. The Morgan fingerprint density at radius 2 is 1.90 bits per heavy atom. The molecule has 0 amide bonds. The predicted octanol–water partition coefficient (Wildman–Crippen LogP) is 2.25. The highest BCUT2D eigenvalue weighted by atomic mass is 16.5. The molecule has 0 saturated carbocycles. The molecule has 3 N–H and O–H groups in total. The molecule has 0 spiro atoms. The first-order valence-corrected chi connectivity index (χ1v) is 6.93. The molecule has 20 heavy (non-hydrogen) atoms. The topological polar surface area (TPSA) is 82.3 Å². The second-order valence-corrected chi connectivity index (χ2v) is 5.67. The predicted molar refractivity (Wildman–Crippen MR) is 81.2 cm³/mol. The number of hydrogen-bond donors (Lipinski definition) is 2. The van der Waals surface area contributed by atoms with Crippen LogP contribution >= 0.6 is 0 Å². The SMILES string of the molecule is CCCc1nc(NC(C)(C)C)c(N)c(OCCOC)n1. The number of nitrogens with two attached hydrogens (primary N) is 1. The summed E-state index contributed by atoms with van der Waals surface area (Å²) in [6.07, 6.45) is 1.76. The van der Waals surface area contributed by atoms with Crippen molar-refractivity contribution in [3.8, 4) is 5.88 Å². The summed E-state index contributed by atoms with van der Waals surface area (Å²) >= 11 is 0. The van der Waals surface area contributed by atoms with Gasteiger partial charge in [-0.15, -0.1) is 0 Å². The Bertz CT molecular complexity index is 430. The Labute approximate surface area is 121 Å². The molecule has 0 unspecified atom stereocenters. The number of nitrogens with one attached hydrogen (secondary N) is 1. The Hall–Kier alpha value is -1.56. The molecular weight excluding hydrogens is 256 g/mol. The van der Waals surface area contributed by atoms with Gasteiger partial charge >= 0.3 is 0 Å². The van der Waals surface area contributed by atoms with Crippen LogP contribution in [0.4, 0.5) is 11.5 Å². The average Bonchev–Trinajstić information content (AvgIpc) is 2.33. The third-order valence-corrected chi connectivity index (χ3v) is 2.45. The van der Waals surface area contributed by atoms with Gasteiger partial charge in [-0.2, -0.15) is 4.98 Å². The van der Waals surface area contributed by atoms with Crippen LogP contribution in [0, 0.1) is 0 Å². The summed E-state index contributed by atoms with van der Waals surface area (Å²) in [5, 5.41) is 3.29. The molecule has 114 valence electrons. The molecule has 1 aromatic heterocycles. The van der Waals surface area contributed by atoms with Gasteiger partial charge in [0.1, 0.15) is 18.1 Å². The first-order valence-electron chi connectivity index (χ1n) is 6.93. The Morgan fingerprint density at radius 3 is 2.45 bits per heavy atom. The lowest BCUT2D eigenvalue weighted by Gasteiger charge is -2.23. The first kappa shape index (κ1) is 16.5. The molecule has 0 aliphatic rings. The average molecular weight is 282 g/mol. The summed E-state index contributed by atoms with van der Waals surface area (Å²) in [5.74, 6) is 1.79. The fraction of sp³-hybridized carbons (Fsp3) is 0.714. The molecule has 0 aliphatic carbocycles. The van der Waals surface area contributed by atoms with Crippen molar-refractivity contribution in [2.24, 2.45) is 0 Å². The van der Waals surface area contributed by atoms with Crippen LogP contribution in [0.1, 0.15) is 39.9 Å². The van der Waals surface area contributed by atoms with E-state index in [1.54, 1.807) is 7.11 Å². The summed E-state index contributed by atoms with van der Waals surface area (Å²) in [4.78, 5) is 8.85. The minimum atomic E-state index is -0.129. The molecule has 6 nitrogen and oxygen atoms in total. The van der Waals surface area contributed by atoms with E-state index in [9.17, 15) is 0 Å². The number of nitrogen functional groups attached to an aromatic ring is 1. The van der Waals surface area contributed by atoms with Gasteiger partial charge in [-0.25, -0.2) is 4.98 Å². The molecule has 6 heteroatoms. The van der Waals surface area contributed by atoms with Crippen LogP contribution < -0.4 is 15.8 Å². The van der Waals surface area contributed by atoms with E-state index in [1.807, 2.05) is 0 Å². The maximum absolute atomic E-state index is 6.08. The van der Waals surface area contributed by atoms with E-state index in [2.05, 4.69) is 43.0 Å². The fourth-order valence-corrected chi connectivity index (χ4v) is 1.61. The van der Waals surface area contributed by atoms with E-state index in [0.717, 1.165) is 18.7 Å². The van der Waals surface area contributed by atoms with Crippen LogP contribution in [0.25, 0.3) is 0 Å². The molecule has 0 fully saturated rings. The molecule has 1 heterocycles. The third-order valence-electron chi connectivity index (χ3n) is 2.45. The summed E-state index contributed by atoms with van der Waals surface area (Å²) in [6.45, 7) is 9.16. The van der Waals surface area contributed by atoms with Gasteiger partial charge in [0.25, 0.3) is 0 Å². The second-order valence-electron chi connectivity index (χ2n) is 5.67. The Morgan fingerprint density at radius 1 is 1.20 bits per heavy atom. The highest BCUT2D eigenvalue weighted by molar-refractivity contribution is 5.67. The monoisotopic (exact) mass is 282 g/mol. The zero-order valence-corrected chi connectivity index (χ0v) is 13.1. The van der Waals surface area contributed by atoms with Crippen LogP contribution in [0.3, 0.4) is 0 Å². The smallest absolute Gasteiger partial charge is 0.242 e. The molecule has 0 radical (unpaired) electrons. The molecule has 0 saturated heterocycles. The van der Waals surface area contributed by atoms with Crippen molar-refractivity contribution in [3.63, 3.8) is 0 Å².